The SMILES string of the molecule is CCOC(=O)/C=C/Cc1cc(C)c2[nH]ncc2c1. The van der Waals surface area contributed by atoms with Gasteiger partial charge in [-0.2, -0.15) is 5.10 Å². The maximum Gasteiger partial charge on any atom is 0.330 e. The molecule has 4 nitrogen and oxygen atoms in total. The number of carbonyl (C=O) groups is 1. The summed E-state index contributed by atoms with van der Waals surface area (Å²) in [6, 6.07) is 4.16. The predicted molar refractivity (Wildman–Crippen MR) is 70.3 cm³/mol. The average Bonchev–Trinajstić information content (AvgIpc) is 2.78. The third kappa shape index (κ3) is 2.77. The average molecular weight is 244 g/mol. The number of ether oxygens (including phenoxy) is 1. The molecular formula is C14H16N2O2. The Morgan fingerprint density at radius 3 is 3.11 bits per heavy atom. The van der Waals surface area contributed by atoms with Crippen LogP contribution in [-0.2, 0) is 16.0 Å². The van der Waals surface area contributed by atoms with Crippen LogP contribution in [0.25, 0.3) is 10.9 Å². The van der Waals surface area contributed by atoms with Gasteiger partial charge in [-0.1, -0.05) is 12.1 Å². The second-order valence-electron chi connectivity index (χ2n) is 4.11. The van der Waals surface area contributed by atoms with Crippen LogP contribution in [0.15, 0.2) is 30.5 Å². The monoisotopic (exact) mass is 244 g/mol. The van der Waals surface area contributed by atoms with Crippen LogP contribution in [0.3, 0.4) is 0 Å². The quantitative estimate of drug-likeness (QED) is 0.664. The van der Waals surface area contributed by atoms with Crippen molar-refractivity contribution in [2.75, 3.05) is 6.61 Å². The number of fused-ring (bicyclic) bond motifs is 1. The zero-order valence-electron chi connectivity index (χ0n) is 10.6. The van der Waals surface area contributed by atoms with Gasteiger partial charge in [0.1, 0.15) is 0 Å². The Balaban J connectivity index is 2.10. The van der Waals surface area contributed by atoms with E-state index in [1.807, 2.05) is 13.0 Å². The second kappa shape index (κ2) is 5.49. The normalized spacial score (nSPS) is 11.2. The minimum Gasteiger partial charge on any atom is -0.463 e. The Morgan fingerprint density at radius 1 is 1.50 bits per heavy atom. The number of aromatic amines is 1. The molecule has 4 heteroatoms. The van der Waals surface area contributed by atoms with Gasteiger partial charge in [0, 0.05) is 11.5 Å². The largest absolute Gasteiger partial charge is 0.463 e. The number of aromatic nitrogens is 2. The third-order valence-electron chi connectivity index (χ3n) is 2.70. The van der Waals surface area contributed by atoms with Crippen molar-refractivity contribution in [2.45, 2.75) is 20.3 Å². The molecule has 0 aliphatic rings. The maximum atomic E-state index is 11.1. The van der Waals surface area contributed by atoms with Crippen molar-refractivity contribution in [3.05, 3.63) is 41.6 Å². The number of esters is 1. The standard InChI is InChI=1S/C14H16N2O2/c1-3-18-13(17)6-4-5-11-7-10(2)14-12(8-11)9-15-16-14/h4,6-9H,3,5H2,1-2H3,(H,15,16)/b6-4+. The topological polar surface area (TPSA) is 55.0 Å². The summed E-state index contributed by atoms with van der Waals surface area (Å²) in [4.78, 5) is 11.1. The molecule has 0 aliphatic heterocycles. The summed E-state index contributed by atoms with van der Waals surface area (Å²) in [6.45, 7) is 4.24. The number of aryl methyl sites for hydroxylation is 1. The Kier molecular flexibility index (Phi) is 3.77. The molecule has 2 aromatic rings. The summed E-state index contributed by atoms with van der Waals surface area (Å²) in [5.41, 5.74) is 3.37. The lowest BCUT2D eigenvalue weighted by Gasteiger charge is -2.01. The number of allylic oxidation sites excluding steroid dienone is 1. The lowest BCUT2D eigenvalue weighted by atomic mass is 10.1. The van der Waals surface area contributed by atoms with E-state index in [1.54, 1.807) is 13.1 Å². The zero-order valence-corrected chi connectivity index (χ0v) is 10.6. The molecular weight excluding hydrogens is 228 g/mol. The number of nitrogens with zero attached hydrogens (tertiary/aromatic N) is 1. The van der Waals surface area contributed by atoms with Crippen LogP contribution in [0.1, 0.15) is 18.1 Å². The molecule has 0 bridgehead atoms. The number of benzene rings is 1. The van der Waals surface area contributed by atoms with Gasteiger partial charge in [0.25, 0.3) is 0 Å². The van der Waals surface area contributed by atoms with Gasteiger partial charge in [0.05, 0.1) is 18.3 Å². The molecule has 0 amide bonds. The van der Waals surface area contributed by atoms with Crippen LogP contribution in [0, 0.1) is 6.92 Å². The summed E-state index contributed by atoms with van der Waals surface area (Å²) in [5.74, 6) is -0.293. The molecule has 0 fully saturated rings. The first-order valence-corrected chi connectivity index (χ1v) is 5.96. The van der Waals surface area contributed by atoms with Crippen LogP contribution < -0.4 is 0 Å². The van der Waals surface area contributed by atoms with Crippen molar-refractivity contribution >= 4 is 16.9 Å². The highest BCUT2D eigenvalue weighted by Gasteiger charge is 2.02. The van der Waals surface area contributed by atoms with E-state index in [1.165, 1.54) is 6.08 Å². The highest BCUT2D eigenvalue weighted by atomic mass is 16.5. The Morgan fingerprint density at radius 2 is 2.33 bits per heavy atom. The number of carbonyl (C=O) groups excluding carboxylic acids is 1. The predicted octanol–water partition coefficient (Wildman–Crippen LogP) is 2.53. The van der Waals surface area contributed by atoms with E-state index in [9.17, 15) is 4.79 Å². The molecule has 0 unspecified atom stereocenters. The molecule has 2 rings (SSSR count). The van der Waals surface area contributed by atoms with Crippen molar-refractivity contribution in [3.8, 4) is 0 Å². The van der Waals surface area contributed by atoms with Gasteiger partial charge in [0.2, 0.25) is 0 Å². The van der Waals surface area contributed by atoms with Crippen molar-refractivity contribution < 1.29 is 9.53 Å². The molecule has 1 N–H and O–H groups in total. The summed E-state index contributed by atoms with van der Waals surface area (Å²) in [5, 5.41) is 8.08. The van der Waals surface area contributed by atoms with E-state index in [0.29, 0.717) is 13.0 Å². The number of rotatable bonds is 4. The molecule has 94 valence electrons. The molecule has 18 heavy (non-hydrogen) atoms. The number of nitrogens with one attached hydrogen (secondary N) is 1. The first-order chi connectivity index (χ1) is 8.70. The van der Waals surface area contributed by atoms with Gasteiger partial charge < -0.3 is 4.74 Å². The fraction of sp³-hybridized carbons (Fsp3) is 0.286. The number of H-pyrrole nitrogens is 1. The van der Waals surface area contributed by atoms with E-state index in [2.05, 4.69) is 22.3 Å². The van der Waals surface area contributed by atoms with Crippen molar-refractivity contribution in [3.63, 3.8) is 0 Å². The third-order valence-corrected chi connectivity index (χ3v) is 2.70. The first kappa shape index (κ1) is 12.4. The lowest BCUT2D eigenvalue weighted by Crippen LogP contribution is -1.99. The minimum absolute atomic E-state index is 0.293. The summed E-state index contributed by atoms with van der Waals surface area (Å²) >= 11 is 0. The van der Waals surface area contributed by atoms with E-state index >= 15 is 0 Å². The molecule has 0 radical (unpaired) electrons. The molecule has 0 spiro atoms. The molecule has 0 atom stereocenters. The van der Waals surface area contributed by atoms with Crippen LogP contribution in [0.5, 0.6) is 0 Å². The highest BCUT2D eigenvalue weighted by Crippen LogP contribution is 2.18. The van der Waals surface area contributed by atoms with E-state index in [-0.39, 0.29) is 5.97 Å². The smallest absolute Gasteiger partial charge is 0.330 e. The van der Waals surface area contributed by atoms with Gasteiger partial charge in [-0.05, 0) is 37.5 Å². The van der Waals surface area contributed by atoms with E-state index < -0.39 is 0 Å². The second-order valence-corrected chi connectivity index (χ2v) is 4.11. The minimum atomic E-state index is -0.293. The molecule has 1 heterocycles. The van der Waals surface area contributed by atoms with Gasteiger partial charge in [0.15, 0.2) is 0 Å². The number of hydrogen-bond donors (Lipinski definition) is 1. The molecule has 1 aromatic carbocycles. The van der Waals surface area contributed by atoms with Crippen LogP contribution >= 0.6 is 0 Å². The van der Waals surface area contributed by atoms with Gasteiger partial charge in [-0.3, -0.25) is 5.10 Å². The molecule has 0 aliphatic carbocycles. The van der Waals surface area contributed by atoms with Gasteiger partial charge in [-0.15, -0.1) is 0 Å². The zero-order chi connectivity index (χ0) is 13.0. The first-order valence-electron chi connectivity index (χ1n) is 5.96. The number of hydrogen-bond acceptors (Lipinski definition) is 3. The van der Waals surface area contributed by atoms with Crippen LogP contribution in [0.2, 0.25) is 0 Å². The Labute approximate surface area is 106 Å². The van der Waals surface area contributed by atoms with E-state index in [4.69, 9.17) is 4.74 Å². The van der Waals surface area contributed by atoms with Crippen molar-refractivity contribution in [2.24, 2.45) is 0 Å². The maximum absolute atomic E-state index is 11.1. The summed E-state index contributed by atoms with van der Waals surface area (Å²) < 4.78 is 4.82. The highest BCUT2D eigenvalue weighted by molar-refractivity contribution is 5.83. The van der Waals surface area contributed by atoms with Crippen LogP contribution in [0.4, 0.5) is 0 Å². The lowest BCUT2D eigenvalue weighted by molar-refractivity contribution is -0.137. The Hall–Kier alpha value is -2.10. The molecule has 1 aromatic heterocycles. The van der Waals surface area contributed by atoms with Crippen molar-refractivity contribution in [1.82, 2.24) is 10.2 Å². The van der Waals surface area contributed by atoms with Crippen molar-refractivity contribution in [1.29, 1.82) is 0 Å². The fourth-order valence-corrected chi connectivity index (χ4v) is 1.91. The van der Waals surface area contributed by atoms with Gasteiger partial charge >= 0.3 is 5.97 Å². The summed E-state index contributed by atoms with van der Waals surface area (Å²) in [6.07, 6.45) is 5.80. The molecule has 0 saturated heterocycles. The van der Waals surface area contributed by atoms with E-state index in [0.717, 1.165) is 22.0 Å². The fourth-order valence-electron chi connectivity index (χ4n) is 1.91. The summed E-state index contributed by atoms with van der Waals surface area (Å²) in [7, 11) is 0. The van der Waals surface area contributed by atoms with Gasteiger partial charge in [-0.25, -0.2) is 4.79 Å². The van der Waals surface area contributed by atoms with Crippen LogP contribution in [-0.4, -0.2) is 22.8 Å². The molecule has 0 saturated carbocycles. The Bertz CT molecular complexity index is 584.